The molecule has 1 unspecified atom stereocenters. The van der Waals surface area contributed by atoms with Crippen LogP contribution in [0.3, 0.4) is 0 Å². The Morgan fingerprint density at radius 1 is 1.35 bits per heavy atom. The van der Waals surface area contributed by atoms with Crippen molar-refractivity contribution in [2.75, 3.05) is 13.1 Å². The van der Waals surface area contributed by atoms with E-state index < -0.39 is 11.5 Å². The van der Waals surface area contributed by atoms with Gasteiger partial charge in [-0.15, -0.1) is 0 Å². The number of likely N-dealkylation sites (tertiary alicyclic amines) is 1. The number of carbonyl (C=O) groups excluding carboxylic acids is 1. The van der Waals surface area contributed by atoms with Gasteiger partial charge in [0.1, 0.15) is 17.1 Å². The summed E-state index contributed by atoms with van der Waals surface area (Å²) in [6.07, 6.45) is 0.493. The third kappa shape index (κ3) is 2.19. The van der Waals surface area contributed by atoms with Crippen molar-refractivity contribution in [3.63, 3.8) is 0 Å². The van der Waals surface area contributed by atoms with E-state index in [0.717, 1.165) is 0 Å². The molecule has 1 aromatic rings. The average Bonchev–Trinajstić information content (AvgIpc) is 2.58. The summed E-state index contributed by atoms with van der Waals surface area (Å²) in [5.41, 5.74) is -0.999. The van der Waals surface area contributed by atoms with E-state index in [9.17, 15) is 20.1 Å². The van der Waals surface area contributed by atoms with Crippen LogP contribution in [0.15, 0.2) is 18.2 Å². The smallest absolute Gasteiger partial charge is 0.261 e. The summed E-state index contributed by atoms with van der Waals surface area (Å²) in [5, 5.41) is 28.9. The standard InChI is InChI=1S/C12H15NO4/c1-12(17)5-6-13(7-12)11(16)10-8(14)3-2-4-9(10)15/h2-4,14-15,17H,5-7H2,1H3. The fourth-order valence-corrected chi connectivity index (χ4v) is 2.02. The highest BCUT2D eigenvalue weighted by Crippen LogP contribution is 2.30. The van der Waals surface area contributed by atoms with E-state index in [2.05, 4.69) is 0 Å². The Balaban J connectivity index is 2.27. The minimum Gasteiger partial charge on any atom is -0.507 e. The monoisotopic (exact) mass is 237 g/mol. The molecule has 2 rings (SSSR count). The number of aliphatic hydroxyl groups is 1. The van der Waals surface area contributed by atoms with E-state index in [4.69, 9.17) is 0 Å². The van der Waals surface area contributed by atoms with Gasteiger partial charge in [-0.1, -0.05) is 6.07 Å². The van der Waals surface area contributed by atoms with Gasteiger partial charge in [0.2, 0.25) is 0 Å². The van der Waals surface area contributed by atoms with Crippen LogP contribution in [-0.2, 0) is 0 Å². The molecule has 1 aromatic carbocycles. The van der Waals surface area contributed by atoms with Gasteiger partial charge in [0, 0.05) is 13.1 Å². The molecule has 0 spiro atoms. The van der Waals surface area contributed by atoms with Crippen LogP contribution in [0.2, 0.25) is 0 Å². The molecule has 5 nitrogen and oxygen atoms in total. The number of hydrogen-bond acceptors (Lipinski definition) is 4. The second kappa shape index (κ2) is 3.92. The number of hydrogen-bond donors (Lipinski definition) is 3. The molecule has 0 aromatic heterocycles. The topological polar surface area (TPSA) is 81.0 Å². The predicted octanol–water partition coefficient (Wildman–Crippen LogP) is 0.695. The maximum atomic E-state index is 12.1. The molecule has 0 bridgehead atoms. The number of β-amino-alcohol motifs (C(OH)–C–C–N with tert-alkyl or cyclic N) is 1. The van der Waals surface area contributed by atoms with Crippen LogP contribution in [0.4, 0.5) is 0 Å². The fourth-order valence-electron chi connectivity index (χ4n) is 2.02. The molecule has 17 heavy (non-hydrogen) atoms. The number of phenolic OH excluding ortho intramolecular Hbond substituents is 2. The van der Waals surface area contributed by atoms with Gasteiger partial charge in [0.15, 0.2) is 0 Å². The third-order valence-corrected chi connectivity index (χ3v) is 2.97. The zero-order chi connectivity index (χ0) is 12.6. The maximum absolute atomic E-state index is 12.1. The first-order valence-electron chi connectivity index (χ1n) is 5.43. The van der Waals surface area contributed by atoms with E-state index in [1.165, 1.54) is 23.1 Å². The molecule has 5 heteroatoms. The number of rotatable bonds is 1. The van der Waals surface area contributed by atoms with Crippen LogP contribution < -0.4 is 0 Å². The lowest BCUT2D eigenvalue weighted by Crippen LogP contribution is -2.33. The zero-order valence-electron chi connectivity index (χ0n) is 9.55. The van der Waals surface area contributed by atoms with E-state index in [-0.39, 0.29) is 23.6 Å². The first-order valence-corrected chi connectivity index (χ1v) is 5.43. The van der Waals surface area contributed by atoms with Crippen molar-refractivity contribution in [3.8, 4) is 11.5 Å². The molecule has 3 N–H and O–H groups in total. The Labute approximate surface area is 98.9 Å². The molecule has 1 saturated heterocycles. The molecular weight excluding hydrogens is 222 g/mol. The van der Waals surface area contributed by atoms with Gasteiger partial charge in [-0.25, -0.2) is 0 Å². The molecule has 92 valence electrons. The lowest BCUT2D eigenvalue weighted by molar-refractivity contribution is 0.0568. The number of benzene rings is 1. The Morgan fingerprint density at radius 2 is 1.94 bits per heavy atom. The second-order valence-electron chi connectivity index (χ2n) is 4.64. The number of phenols is 2. The van der Waals surface area contributed by atoms with Gasteiger partial charge >= 0.3 is 0 Å². The highest BCUT2D eigenvalue weighted by molar-refractivity contribution is 5.99. The lowest BCUT2D eigenvalue weighted by atomic mass is 10.1. The molecule has 1 aliphatic heterocycles. The quantitative estimate of drug-likeness (QED) is 0.671. The van der Waals surface area contributed by atoms with Gasteiger partial charge in [0.25, 0.3) is 5.91 Å². The van der Waals surface area contributed by atoms with Gasteiger partial charge in [0.05, 0.1) is 5.60 Å². The van der Waals surface area contributed by atoms with Crippen LogP contribution in [0.1, 0.15) is 23.7 Å². The Bertz CT molecular complexity index is 436. The molecule has 0 aliphatic carbocycles. The van der Waals surface area contributed by atoms with Crippen LogP contribution in [0.25, 0.3) is 0 Å². The number of carbonyl (C=O) groups is 1. The summed E-state index contributed by atoms with van der Waals surface area (Å²) >= 11 is 0. The third-order valence-electron chi connectivity index (χ3n) is 2.97. The molecule has 0 radical (unpaired) electrons. The van der Waals surface area contributed by atoms with Crippen molar-refractivity contribution >= 4 is 5.91 Å². The SMILES string of the molecule is CC1(O)CCN(C(=O)c2c(O)cccc2O)C1. The summed E-state index contributed by atoms with van der Waals surface area (Å²) in [6, 6.07) is 4.16. The first-order chi connectivity index (χ1) is 7.91. The molecule has 1 aliphatic rings. The molecular formula is C12H15NO4. The van der Waals surface area contributed by atoms with Crippen molar-refractivity contribution in [2.45, 2.75) is 18.9 Å². The van der Waals surface area contributed by atoms with Gasteiger partial charge in [-0.05, 0) is 25.5 Å². The molecule has 1 fully saturated rings. The van der Waals surface area contributed by atoms with Crippen LogP contribution in [0.5, 0.6) is 11.5 Å². The van der Waals surface area contributed by atoms with Gasteiger partial charge in [-0.3, -0.25) is 4.79 Å². The fraction of sp³-hybridized carbons (Fsp3) is 0.417. The number of nitrogens with zero attached hydrogens (tertiary/aromatic N) is 1. The normalized spacial score (nSPS) is 24.0. The van der Waals surface area contributed by atoms with Crippen molar-refractivity contribution in [1.29, 1.82) is 0 Å². The second-order valence-corrected chi connectivity index (χ2v) is 4.64. The van der Waals surface area contributed by atoms with Gasteiger partial charge < -0.3 is 20.2 Å². The Hall–Kier alpha value is -1.75. The molecule has 1 heterocycles. The minimum absolute atomic E-state index is 0.106. The highest BCUT2D eigenvalue weighted by Gasteiger charge is 2.35. The average molecular weight is 237 g/mol. The van der Waals surface area contributed by atoms with E-state index in [0.29, 0.717) is 13.0 Å². The lowest BCUT2D eigenvalue weighted by Gasteiger charge is -2.19. The first kappa shape index (κ1) is 11.7. The molecule has 1 atom stereocenters. The van der Waals surface area contributed by atoms with Crippen molar-refractivity contribution in [2.24, 2.45) is 0 Å². The molecule has 0 saturated carbocycles. The van der Waals surface area contributed by atoms with Crippen LogP contribution >= 0.6 is 0 Å². The summed E-state index contributed by atoms with van der Waals surface area (Å²) in [5.74, 6) is -0.957. The Morgan fingerprint density at radius 3 is 2.41 bits per heavy atom. The largest absolute Gasteiger partial charge is 0.507 e. The van der Waals surface area contributed by atoms with E-state index in [1.54, 1.807) is 6.92 Å². The summed E-state index contributed by atoms with van der Waals surface area (Å²) in [7, 11) is 0. The van der Waals surface area contributed by atoms with Crippen molar-refractivity contribution in [3.05, 3.63) is 23.8 Å². The minimum atomic E-state index is -0.893. The Kier molecular flexibility index (Phi) is 2.71. The van der Waals surface area contributed by atoms with E-state index >= 15 is 0 Å². The van der Waals surface area contributed by atoms with Crippen molar-refractivity contribution < 1.29 is 20.1 Å². The van der Waals surface area contributed by atoms with E-state index in [1.807, 2.05) is 0 Å². The van der Waals surface area contributed by atoms with Crippen LogP contribution in [0, 0.1) is 0 Å². The highest BCUT2D eigenvalue weighted by atomic mass is 16.3. The summed E-state index contributed by atoms with van der Waals surface area (Å²) in [6.45, 7) is 2.28. The summed E-state index contributed by atoms with van der Waals surface area (Å²) in [4.78, 5) is 13.5. The van der Waals surface area contributed by atoms with Gasteiger partial charge in [-0.2, -0.15) is 0 Å². The van der Waals surface area contributed by atoms with Crippen molar-refractivity contribution in [1.82, 2.24) is 4.90 Å². The predicted molar refractivity (Wildman–Crippen MR) is 60.9 cm³/mol. The molecule has 1 amide bonds. The van der Waals surface area contributed by atoms with Crippen LogP contribution in [-0.4, -0.2) is 44.8 Å². The zero-order valence-corrected chi connectivity index (χ0v) is 9.55. The number of amides is 1. The maximum Gasteiger partial charge on any atom is 0.261 e. The number of aromatic hydroxyl groups is 2. The summed E-state index contributed by atoms with van der Waals surface area (Å²) < 4.78 is 0.